The molecule has 104 heavy (non-hydrogen) atoms. The van der Waals surface area contributed by atoms with E-state index in [1.165, 1.54) is 99.3 Å². The van der Waals surface area contributed by atoms with E-state index in [9.17, 15) is 0 Å². The summed E-state index contributed by atoms with van der Waals surface area (Å²) in [5.41, 5.74) is 28.4. The van der Waals surface area contributed by atoms with Crippen LogP contribution < -0.4 is 0 Å². The van der Waals surface area contributed by atoms with Crippen LogP contribution in [0.4, 0.5) is 0 Å². The van der Waals surface area contributed by atoms with Gasteiger partial charge in [0.2, 0.25) is 0 Å². The fourth-order valence-corrected chi connectivity index (χ4v) is 19.9. The van der Waals surface area contributed by atoms with Crippen LogP contribution in [0.2, 0.25) is 0 Å². The summed E-state index contributed by atoms with van der Waals surface area (Å²) in [4.78, 5) is 21.8. The Morgan fingerprint density at radius 3 is 1.24 bits per heavy atom. The number of benzene rings is 13. The molecule has 1 aliphatic rings. The van der Waals surface area contributed by atoms with Crippen molar-refractivity contribution in [2.45, 2.75) is 19.3 Å². The quantitative estimate of drug-likeness (QED) is 0.137. The van der Waals surface area contributed by atoms with Crippen molar-refractivity contribution >= 4 is 116 Å². The van der Waals surface area contributed by atoms with Crippen LogP contribution >= 0.6 is 34.0 Å². The largest absolute Gasteiger partial charge is 0.248 e. The molecule has 486 valence electrons. The first kappa shape index (κ1) is 60.4. The maximum Gasteiger partial charge on any atom is 0.0802 e. The smallest absolute Gasteiger partial charge is 0.0802 e. The van der Waals surface area contributed by atoms with Crippen LogP contribution in [0.1, 0.15) is 25.0 Å². The molecule has 0 spiro atoms. The minimum absolute atomic E-state index is 0.154. The number of pyridine rings is 4. The molecule has 7 heterocycles. The summed E-state index contributed by atoms with van der Waals surface area (Å²) in [5.74, 6) is 0. The molecule has 4 nitrogen and oxygen atoms in total. The molecule has 0 atom stereocenters. The van der Waals surface area contributed by atoms with Crippen LogP contribution in [0.15, 0.2) is 328 Å². The van der Waals surface area contributed by atoms with E-state index in [-0.39, 0.29) is 5.41 Å². The molecule has 7 aromatic heterocycles. The maximum absolute atomic E-state index is 5.55. The minimum atomic E-state index is -0.154. The van der Waals surface area contributed by atoms with E-state index in [0.717, 1.165) is 117 Å². The van der Waals surface area contributed by atoms with E-state index in [2.05, 4.69) is 341 Å². The molecule has 0 bridgehead atoms. The molecule has 0 N–H and O–H groups in total. The van der Waals surface area contributed by atoms with Crippen LogP contribution in [0.5, 0.6) is 0 Å². The lowest BCUT2D eigenvalue weighted by atomic mass is 9.82. The zero-order valence-electron chi connectivity index (χ0n) is 56.7. The number of thiophene rings is 3. The normalized spacial score (nSPS) is 12.6. The molecule has 0 aliphatic heterocycles. The Balaban J connectivity index is 0.620. The first-order chi connectivity index (χ1) is 51.2. The van der Waals surface area contributed by atoms with E-state index in [0.29, 0.717) is 0 Å². The molecule has 7 heteroatoms. The molecule has 13 aromatic carbocycles. The number of rotatable bonds is 10. The van der Waals surface area contributed by atoms with Gasteiger partial charge >= 0.3 is 0 Å². The van der Waals surface area contributed by atoms with Crippen molar-refractivity contribution in [2.24, 2.45) is 0 Å². The Kier molecular flexibility index (Phi) is 13.9. The number of hydrogen-bond donors (Lipinski definition) is 0. The van der Waals surface area contributed by atoms with Gasteiger partial charge < -0.3 is 0 Å². The van der Waals surface area contributed by atoms with Gasteiger partial charge in [-0.1, -0.05) is 281 Å². The second kappa shape index (κ2) is 23.9. The lowest BCUT2D eigenvalue weighted by Gasteiger charge is -2.22. The Morgan fingerprint density at radius 1 is 0.221 bits per heavy atom. The molecule has 0 radical (unpaired) electrons. The summed E-state index contributed by atoms with van der Waals surface area (Å²) in [7, 11) is 0. The third-order valence-corrected chi connectivity index (χ3v) is 25.1. The standard InChI is InChI=1S/C97H60N4S3/c1-97(2)79-26-11-6-19-71(79)72-49-48-67(51-80(72)97)86-55-69(59-33-43-64(44-34-59)92-90-77-23-10-15-30-88(77)103-95(90)75-21-7-12-27-81(75)100-92)54-85(99-86)61-37-31-58(32-38-61)66-47-50-78-89(56-66)104-96-76-22-8-13-28-82(76)101-93(91(78)96)65-45-41-63(42-46-65)84-53-68(57-17-4-3-5-18-57)52-83(98-84)62-39-35-60(36-40-62)70-24-16-25-74-73-20-9-14-29-87(73)102-94(70)74/h3-56H,1-2H3. The van der Waals surface area contributed by atoms with Crippen molar-refractivity contribution in [3.63, 3.8) is 0 Å². The van der Waals surface area contributed by atoms with Crippen LogP contribution in [0, 0.1) is 0 Å². The number of fused-ring (bicyclic) bond motifs is 16. The highest BCUT2D eigenvalue weighted by Crippen LogP contribution is 2.51. The van der Waals surface area contributed by atoms with Crippen molar-refractivity contribution in [1.82, 2.24) is 19.9 Å². The zero-order valence-corrected chi connectivity index (χ0v) is 59.1. The molecule has 0 amide bonds. The second-order valence-electron chi connectivity index (χ2n) is 27.9. The van der Waals surface area contributed by atoms with Crippen molar-refractivity contribution < 1.29 is 0 Å². The summed E-state index contributed by atoms with van der Waals surface area (Å²) in [6.07, 6.45) is 0. The summed E-state index contributed by atoms with van der Waals surface area (Å²) in [6, 6.07) is 120. The fourth-order valence-electron chi connectivity index (χ4n) is 16.2. The van der Waals surface area contributed by atoms with Gasteiger partial charge in [-0.15, -0.1) is 34.0 Å². The summed E-state index contributed by atoms with van der Waals surface area (Å²) in [5, 5.41) is 9.77. The van der Waals surface area contributed by atoms with Gasteiger partial charge in [0.15, 0.2) is 0 Å². The van der Waals surface area contributed by atoms with Gasteiger partial charge in [-0.2, -0.15) is 0 Å². The van der Waals surface area contributed by atoms with Gasteiger partial charge in [-0.05, 0) is 127 Å². The molecular weight excluding hydrogens is 1320 g/mol. The summed E-state index contributed by atoms with van der Waals surface area (Å²) < 4.78 is 7.62. The number of aromatic nitrogens is 4. The molecule has 0 saturated carbocycles. The van der Waals surface area contributed by atoms with Crippen molar-refractivity contribution in [3.8, 4) is 123 Å². The third kappa shape index (κ3) is 9.91. The van der Waals surface area contributed by atoms with E-state index in [1.807, 2.05) is 34.0 Å². The predicted octanol–water partition coefficient (Wildman–Crippen LogP) is 27.7. The minimum Gasteiger partial charge on any atom is -0.248 e. The number of hydrogen-bond acceptors (Lipinski definition) is 7. The summed E-state index contributed by atoms with van der Waals surface area (Å²) >= 11 is 5.57. The Bertz CT molecular complexity index is 6900. The molecule has 1 aliphatic carbocycles. The lowest BCUT2D eigenvalue weighted by molar-refractivity contribution is 0.660. The highest BCUT2D eigenvalue weighted by atomic mass is 32.1. The van der Waals surface area contributed by atoms with Crippen molar-refractivity contribution in [1.29, 1.82) is 0 Å². The molecule has 20 aromatic rings. The van der Waals surface area contributed by atoms with Gasteiger partial charge in [-0.3, -0.25) is 0 Å². The van der Waals surface area contributed by atoms with E-state index in [1.54, 1.807) is 0 Å². The van der Waals surface area contributed by atoms with Crippen LogP contribution in [0.3, 0.4) is 0 Å². The van der Waals surface area contributed by atoms with Gasteiger partial charge in [0.25, 0.3) is 0 Å². The van der Waals surface area contributed by atoms with E-state index < -0.39 is 0 Å². The van der Waals surface area contributed by atoms with Gasteiger partial charge in [-0.25, -0.2) is 19.9 Å². The topological polar surface area (TPSA) is 51.6 Å². The zero-order chi connectivity index (χ0) is 68.7. The molecular formula is C97H60N4S3. The second-order valence-corrected chi connectivity index (χ2v) is 31.1. The van der Waals surface area contributed by atoms with Crippen LogP contribution in [-0.4, -0.2) is 19.9 Å². The Labute approximate surface area is 612 Å². The highest BCUT2D eigenvalue weighted by molar-refractivity contribution is 7.27. The average Bonchev–Trinajstić information content (AvgIpc) is 1.55. The van der Waals surface area contributed by atoms with Gasteiger partial charge in [0, 0.05) is 110 Å². The molecule has 0 unspecified atom stereocenters. The first-order valence-corrected chi connectivity index (χ1v) is 37.8. The molecule has 0 fully saturated rings. The van der Waals surface area contributed by atoms with Crippen molar-refractivity contribution in [2.75, 3.05) is 0 Å². The maximum atomic E-state index is 5.55. The molecule has 0 saturated heterocycles. The average molecular weight is 1380 g/mol. The van der Waals surface area contributed by atoms with Crippen LogP contribution in [0.25, 0.3) is 206 Å². The van der Waals surface area contributed by atoms with Gasteiger partial charge in [0.1, 0.15) is 0 Å². The highest BCUT2D eigenvalue weighted by Gasteiger charge is 2.35. The Morgan fingerprint density at radius 2 is 0.625 bits per heavy atom. The van der Waals surface area contributed by atoms with E-state index in [4.69, 9.17) is 19.9 Å². The van der Waals surface area contributed by atoms with Gasteiger partial charge in [0.05, 0.1) is 45.2 Å². The fraction of sp³-hybridized carbons (Fsp3) is 0.0309. The third-order valence-electron chi connectivity index (χ3n) is 21.5. The van der Waals surface area contributed by atoms with Crippen molar-refractivity contribution in [3.05, 3.63) is 339 Å². The van der Waals surface area contributed by atoms with E-state index >= 15 is 0 Å². The van der Waals surface area contributed by atoms with Crippen LogP contribution in [-0.2, 0) is 5.41 Å². The lowest BCUT2D eigenvalue weighted by Crippen LogP contribution is -2.14. The summed E-state index contributed by atoms with van der Waals surface area (Å²) in [6.45, 7) is 4.70. The number of para-hydroxylation sites is 2. The Hall–Kier alpha value is -12.4. The molecule has 21 rings (SSSR count). The first-order valence-electron chi connectivity index (χ1n) is 35.4. The predicted molar refractivity (Wildman–Crippen MR) is 443 cm³/mol. The number of nitrogens with zero attached hydrogens (tertiary/aromatic N) is 4. The monoisotopic (exact) mass is 1380 g/mol. The SMILES string of the molecule is CC1(C)c2ccccc2-c2ccc(-c3cc(-c4ccc(-c5nc6ccccc6c6sc7ccccc7c56)cc4)cc(-c4ccc(-c5ccc6c(c5)sc5c7ccccc7nc(-c7ccc(-c8cc(-c9ccccc9)cc(-c9ccc(-c%10cccc%11c%10sc%10ccccc%10%11)cc9)n8)cc7)c65)cc4)n3)cc21.